The molecule has 0 aliphatic carbocycles. The Bertz CT molecular complexity index is 481. The first kappa shape index (κ1) is 18.0. The van der Waals surface area contributed by atoms with E-state index < -0.39 is 6.10 Å². The van der Waals surface area contributed by atoms with Gasteiger partial charge in [-0.15, -0.1) is 0 Å². The van der Waals surface area contributed by atoms with Gasteiger partial charge in [-0.05, 0) is 37.7 Å². The number of rotatable bonds is 6. The van der Waals surface area contributed by atoms with Crippen molar-refractivity contribution >= 4 is 23.2 Å². The number of ether oxygens (including phenoxy) is 1. The predicted octanol–water partition coefficient (Wildman–Crippen LogP) is 2.68. The van der Waals surface area contributed by atoms with E-state index in [4.69, 9.17) is 27.9 Å². The van der Waals surface area contributed by atoms with Gasteiger partial charge >= 0.3 is 0 Å². The van der Waals surface area contributed by atoms with Gasteiger partial charge in [0.2, 0.25) is 0 Å². The van der Waals surface area contributed by atoms with Gasteiger partial charge in [0.15, 0.2) is 0 Å². The summed E-state index contributed by atoms with van der Waals surface area (Å²) in [5, 5.41) is 11.7. The smallest absolute Gasteiger partial charge is 0.0793 e. The van der Waals surface area contributed by atoms with E-state index in [1.807, 2.05) is 19.2 Å². The van der Waals surface area contributed by atoms with Crippen molar-refractivity contribution in [2.45, 2.75) is 19.1 Å². The molecule has 1 saturated heterocycles. The Kier molecular flexibility index (Phi) is 6.93. The molecule has 0 saturated carbocycles. The molecule has 1 N–H and O–H groups in total. The molecule has 124 valence electrons. The summed E-state index contributed by atoms with van der Waals surface area (Å²) in [5.41, 5.74) is 0.982. The van der Waals surface area contributed by atoms with E-state index in [-0.39, 0.29) is 6.04 Å². The summed E-state index contributed by atoms with van der Waals surface area (Å²) in [7, 11) is 1.99. The SMILES string of the molecule is CC(c1cc(Cl)ccc1Cl)N(C)CC(O)CN1CCOCC1. The molecule has 1 heterocycles. The van der Waals surface area contributed by atoms with E-state index in [0.29, 0.717) is 23.1 Å². The van der Waals surface area contributed by atoms with Crippen LogP contribution < -0.4 is 0 Å². The lowest BCUT2D eigenvalue weighted by Crippen LogP contribution is -2.44. The Morgan fingerprint density at radius 3 is 2.68 bits per heavy atom. The van der Waals surface area contributed by atoms with Crippen LogP contribution in [0.4, 0.5) is 0 Å². The highest BCUT2D eigenvalue weighted by molar-refractivity contribution is 6.33. The Balaban J connectivity index is 1.89. The first-order chi connectivity index (χ1) is 10.5. The van der Waals surface area contributed by atoms with Crippen LogP contribution in [-0.2, 0) is 4.74 Å². The molecule has 2 atom stereocenters. The van der Waals surface area contributed by atoms with E-state index in [0.717, 1.165) is 31.9 Å². The summed E-state index contributed by atoms with van der Waals surface area (Å²) in [4.78, 5) is 4.34. The van der Waals surface area contributed by atoms with Crippen molar-refractivity contribution in [2.75, 3.05) is 46.4 Å². The number of aliphatic hydroxyl groups excluding tert-OH is 1. The van der Waals surface area contributed by atoms with E-state index in [1.165, 1.54) is 0 Å². The summed E-state index contributed by atoms with van der Waals surface area (Å²) >= 11 is 12.3. The largest absolute Gasteiger partial charge is 0.390 e. The van der Waals surface area contributed by atoms with Crippen molar-refractivity contribution in [1.29, 1.82) is 0 Å². The number of halogens is 2. The van der Waals surface area contributed by atoms with Gasteiger partial charge in [0.05, 0.1) is 19.3 Å². The van der Waals surface area contributed by atoms with Gasteiger partial charge in [0.1, 0.15) is 0 Å². The van der Waals surface area contributed by atoms with Gasteiger partial charge in [-0.1, -0.05) is 23.2 Å². The molecule has 1 fully saturated rings. The third kappa shape index (κ3) is 5.08. The van der Waals surface area contributed by atoms with Crippen LogP contribution in [0.2, 0.25) is 10.0 Å². The average molecular weight is 347 g/mol. The minimum atomic E-state index is -0.400. The van der Waals surface area contributed by atoms with Gasteiger partial charge in [-0.2, -0.15) is 0 Å². The van der Waals surface area contributed by atoms with E-state index in [9.17, 15) is 5.11 Å². The van der Waals surface area contributed by atoms with Crippen LogP contribution in [0.5, 0.6) is 0 Å². The second-order valence-corrected chi connectivity index (χ2v) is 6.69. The van der Waals surface area contributed by atoms with Crippen LogP contribution in [0.25, 0.3) is 0 Å². The van der Waals surface area contributed by atoms with Crippen LogP contribution in [-0.4, -0.2) is 67.5 Å². The fourth-order valence-electron chi connectivity index (χ4n) is 2.70. The molecule has 4 nitrogen and oxygen atoms in total. The summed E-state index contributed by atoms with van der Waals surface area (Å²) < 4.78 is 5.32. The number of morpholine rings is 1. The lowest BCUT2D eigenvalue weighted by molar-refractivity contribution is 0.00626. The second kappa shape index (κ2) is 8.48. The van der Waals surface area contributed by atoms with Crippen LogP contribution >= 0.6 is 23.2 Å². The molecule has 1 aromatic carbocycles. The van der Waals surface area contributed by atoms with Gasteiger partial charge in [-0.3, -0.25) is 9.80 Å². The molecular formula is C16H24Cl2N2O2. The quantitative estimate of drug-likeness (QED) is 0.858. The molecule has 2 rings (SSSR count). The fourth-order valence-corrected chi connectivity index (χ4v) is 3.16. The van der Waals surface area contributed by atoms with Crippen molar-refractivity contribution in [1.82, 2.24) is 9.80 Å². The highest BCUT2D eigenvalue weighted by atomic mass is 35.5. The van der Waals surface area contributed by atoms with E-state index in [2.05, 4.69) is 16.7 Å². The summed E-state index contributed by atoms with van der Waals surface area (Å²) in [6.45, 7) is 6.59. The van der Waals surface area contributed by atoms with Gasteiger partial charge in [-0.25, -0.2) is 0 Å². The maximum Gasteiger partial charge on any atom is 0.0793 e. The molecule has 0 spiro atoms. The number of hydrogen-bond acceptors (Lipinski definition) is 4. The predicted molar refractivity (Wildman–Crippen MR) is 90.8 cm³/mol. The minimum absolute atomic E-state index is 0.0885. The van der Waals surface area contributed by atoms with Gasteiger partial charge in [0.25, 0.3) is 0 Å². The first-order valence-corrected chi connectivity index (χ1v) is 8.36. The topological polar surface area (TPSA) is 35.9 Å². The highest BCUT2D eigenvalue weighted by Crippen LogP contribution is 2.29. The number of aliphatic hydroxyl groups is 1. The van der Waals surface area contributed by atoms with Gasteiger partial charge < -0.3 is 9.84 Å². The number of hydrogen-bond donors (Lipinski definition) is 1. The number of β-amino-alcohol motifs (C(OH)–C–C–N with tert-alkyl or cyclic N) is 1. The first-order valence-electron chi connectivity index (χ1n) is 7.60. The highest BCUT2D eigenvalue weighted by Gasteiger charge is 2.20. The molecule has 0 amide bonds. The summed E-state index contributed by atoms with van der Waals surface area (Å²) in [6, 6.07) is 5.58. The lowest BCUT2D eigenvalue weighted by atomic mass is 10.1. The van der Waals surface area contributed by atoms with Crippen molar-refractivity contribution in [3.05, 3.63) is 33.8 Å². The molecular weight excluding hydrogens is 323 g/mol. The molecule has 0 bridgehead atoms. The fraction of sp³-hybridized carbons (Fsp3) is 0.625. The zero-order chi connectivity index (χ0) is 16.1. The Labute approximate surface area is 142 Å². The third-order valence-electron chi connectivity index (χ3n) is 4.14. The molecule has 0 radical (unpaired) electrons. The third-order valence-corrected chi connectivity index (χ3v) is 4.72. The van der Waals surface area contributed by atoms with Crippen molar-refractivity contribution < 1.29 is 9.84 Å². The standard InChI is InChI=1S/C16H24Cl2N2O2/c1-12(15-9-13(17)3-4-16(15)18)19(2)10-14(21)11-20-5-7-22-8-6-20/h3-4,9,12,14,21H,5-8,10-11H2,1-2H3. The molecule has 1 aliphatic heterocycles. The zero-order valence-corrected chi connectivity index (χ0v) is 14.6. The maximum atomic E-state index is 10.3. The molecule has 22 heavy (non-hydrogen) atoms. The number of nitrogens with zero attached hydrogens (tertiary/aromatic N) is 2. The minimum Gasteiger partial charge on any atom is -0.390 e. The molecule has 2 unspecified atom stereocenters. The molecule has 1 aliphatic rings. The molecule has 1 aromatic rings. The van der Waals surface area contributed by atoms with Crippen LogP contribution in [0.15, 0.2) is 18.2 Å². The molecule has 0 aromatic heterocycles. The Hall–Kier alpha value is -0.360. The van der Waals surface area contributed by atoms with E-state index in [1.54, 1.807) is 6.07 Å². The zero-order valence-electron chi connectivity index (χ0n) is 13.1. The summed E-state index contributed by atoms with van der Waals surface area (Å²) in [5.74, 6) is 0. The maximum absolute atomic E-state index is 10.3. The van der Waals surface area contributed by atoms with Crippen molar-refractivity contribution in [3.8, 4) is 0 Å². The normalized spacial score (nSPS) is 19.4. The lowest BCUT2D eigenvalue weighted by Gasteiger charge is -2.32. The number of benzene rings is 1. The van der Waals surface area contributed by atoms with E-state index >= 15 is 0 Å². The van der Waals surface area contributed by atoms with Crippen LogP contribution in [0.1, 0.15) is 18.5 Å². The summed E-state index contributed by atoms with van der Waals surface area (Å²) in [6.07, 6.45) is -0.400. The van der Waals surface area contributed by atoms with Gasteiger partial charge in [0, 0.05) is 42.3 Å². The second-order valence-electron chi connectivity index (χ2n) is 5.85. The Morgan fingerprint density at radius 1 is 1.32 bits per heavy atom. The van der Waals surface area contributed by atoms with Crippen LogP contribution in [0, 0.1) is 0 Å². The Morgan fingerprint density at radius 2 is 2.00 bits per heavy atom. The number of likely N-dealkylation sites (N-methyl/N-ethyl adjacent to an activating group) is 1. The monoisotopic (exact) mass is 346 g/mol. The molecule has 6 heteroatoms. The van der Waals surface area contributed by atoms with Crippen molar-refractivity contribution in [2.24, 2.45) is 0 Å². The van der Waals surface area contributed by atoms with Crippen LogP contribution in [0.3, 0.4) is 0 Å². The average Bonchev–Trinajstić information content (AvgIpc) is 2.49. The van der Waals surface area contributed by atoms with Crippen molar-refractivity contribution in [3.63, 3.8) is 0 Å².